The fourth-order valence-electron chi connectivity index (χ4n) is 5.25. The largest absolute Gasteiger partial charge is 0.493 e. The van der Waals surface area contributed by atoms with Gasteiger partial charge in [-0.1, -0.05) is 6.07 Å². The van der Waals surface area contributed by atoms with Gasteiger partial charge in [0.15, 0.2) is 0 Å². The highest BCUT2D eigenvalue weighted by molar-refractivity contribution is 5.95. The van der Waals surface area contributed by atoms with Gasteiger partial charge in [0.2, 0.25) is 11.8 Å². The number of fused-ring (bicyclic) bond motifs is 1. The van der Waals surface area contributed by atoms with Crippen LogP contribution in [0.25, 0.3) is 11.5 Å². The number of carbonyl (C=O) groups is 1. The zero-order valence-electron chi connectivity index (χ0n) is 21.9. The van der Waals surface area contributed by atoms with Crippen molar-refractivity contribution in [3.63, 3.8) is 0 Å². The number of ether oxygens (including phenoxy) is 1. The van der Waals surface area contributed by atoms with E-state index in [1.807, 2.05) is 6.07 Å². The summed E-state index contributed by atoms with van der Waals surface area (Å²) in [6.45, 7) is 1.74. The lowest BCUT2D eigenvalue weighted by atomic mass is 9.87. The van der Waals surface area contributed by atoms with Crippen molar-refractivity contribution < 1.29 is 27.1 Å². The van der Waals surface area contributed by atoms with E-state index in [4.69, 9.17) is 9.15 Å². The molecule has 12 heteroatoms. The van der Waals surface area contributed by atoms with Crippen molar-refractivity contribution in [1.29, 1.82) is 0 Å². The number of nitrogens with one attached hydrogen (secondary N) is 3. The third kappa shape index (κ3) is 5.60. The molecule has 0 radical (unpaired) electrons. The van der Waals surface area contributed by atoms with Crippen LogP contribution in [0.5, 0.6) is 5.75 Å². The summed E-state index contributed by atoms with van der Waals surface area (Å²) < 4.78 is 51.7. The van der Waals surface area contributed by atoms with Crippen LogP contribution in [-0.4, -0.2) is 40.8 Å². The first kappa shape index (κ1) is 26.8. The molecule has 0 unspecified atom stereocenters. The Labute approximate surface area is 233 Å². The van der Waals surface area contributed by atoms with Crippen molar-refractivity contribution in [3.8, 4) is 17.2 Å². The van der Waals surface area contributed by atoms with Gasteiger partial charge >= 0.3 is 6.18 Å². The summed E-state index contributed by atoms with van der Waals surface area (Å²) in [6, 6.07) is 13.3. The molecule has 2 aliphatic heterocycles. The van der Waals surface area contributed by atoms with E-state index in [-0.39, 0.29) is 6.61 Å². The third-order valence-electron chi connectivity index (χ3n) is 7.41. The van der Waals surface area contributed by atoms with Crippen LogP contribution in [0.2, 0.25) is 0 Å². The SMILES string of the molecule is O=C(N[C@@H]1CCOc2ccc(C(F)(F)F)cc21)c1cccc(NC2(c3nnc(-c4ccncc4)o3)CCNCC2)c1. The molecule has 6 rings (SSSR count). The smallest absolute Gasteiger partial charge is 0.416 e. The second kappa shape index (κ2) is 10.8. The van der Waals surface area contributed by atoms with Crippen LogP contribution < -0.4 is 20.7 Å². The number of alkyl halides is 3. The summed E-state index contributed by atoms with van der Waals surface area (Å²) >= 11 is 0. The zero-order chi connectivity index (χ0) is 28.5. The Morgan fingerprint density at radius 1 is 1.02 bits per heavy atom. The van der Waals surface area contributed by atoms with Crippen molar-refractivity contribution in [3.05, 3.63) is 89.6 Å². The van der Waals surface area contributed by atoms with Crippen LogP contribution in [0.15, 0.2) is 71.4 Å². The molecule has 212 valence electrons. The quantitative estimate of drug-likeness (QED) is 0.297. The van der Waals surface area contributed by atoms with Crippen molar-refractivity contribution >= 4 is 11.6 Å². The molecule has 0 saturated carbocycles. The fourth-order valence-corrected chi connectivity index (χ4v) is 5.25. The number of aromatic nitrogens is 3. The Bertz CT molecular complexity index is 1540. The first-order valence-corrected chi connectivity index (χ1v) is 13.3. The van der Waals surface area contributed by atoms with Crippen LogP contribution in [0, 0.1) is 0 Å². The van der Waals surface area contributed by atoms with Gasteiger partial charge < -0.3 is 25.1 Å². The molecule has 2 aromatic carbocycles. The fraction of sp³-hybridized carbons (Fsp3) is 0.310. The second-order valence-corrected chi connectivity index (χ2v) is 10.1. The van der Waals surface area contributed by atoms with Crippen molar-refractivity contribution in [2.75, 3.05) is 25.0 Å². The minimum atomic E-state index is -4.50. The van der Waals surface area contributed by atoms with E-state index in [1.165, 1.54) is 6.07 Å². The molecular formula is C29H27F3N6O3. The number of hydrogen-bond acceptors (Lipinski definition) is 8. The number of rotatable bonds is 6. The Balaban J connectivity index is 1.23. The molecule has 0 spiro atoms. The summed E-state index contributed by atoms with van der Waals surface area (Å²) in [5, 5.41) is 18.4. The van der Waals surface area contributed by atoms with E-state index in [9.17, 15) is 18.0 Å². The summed E-state index contributed by atoms with van der Waals surface area (Å²) in [5.74, 6) is 0.769. The molecule has 1 saturated heterocycles. The number of benzene rings is 2. The first-order valence-electron chi connectivity index (χ1n) is 13.3. The summed E-state index contributed by atoms with van der Waals surface area (Å²) in [7, 11) is 0. The molecule has 4 aromatic rings. The van der Waals surface area contributed by atoms with Crippen LogP contribution in [0.4, 0.5) is 18.9 Å². The molecule has 1 fully saturated rings. The monoisotopic (exact) mass is 564 g/mol. The molecule has 0 aliphatic carbocycles. The lowest BCUT2D eigenvalue weighted by molar-refractivity contribution is -0.137. The Kier molecular flexibility index (Phi) is 7.08. The van der Waals surface area contributed by atoms with Crippen LogP contribution in [0.3, 0.4) is 0 Å². The lowest BCUT2D eigenvalue weighted by Crippen LogP contribution is -2.45. The standard InChI is InChI=1S/C29H27F3N6O3/c30-29(31,32)20-4-5-24-22(17-20)23(8-15-40-24)35-25(39)19-2-1-3-21(16-19)36-28(9-13-34-14-10-28)27-38-37-26(41-27)18-6-11-33-12-7-18/h1-7,11-12,16-17,23,34,36H,8-10,13-15H2,(H,35,39)/t23-/m1/s1. The second-order valence-electron chi connectivity index (χ2n) is 10.1. The van der Waals surface area contributed by atoms with Gasteiger partial charge in [0, 0.05) is 41.2 Å². The average Bonchev–Trinajstić information content (AvgIpc) is 3.49. The molecule has 9 nitrogen and oxygen atoms in total. The van der Waals surface area contributed by atoms with Crippen LogP contribution >= 0.6 is 0 Å². The van der Waals surface area contributed by atoms with E-state index >= 15 is 0 Å². The minimum absolute atomic E-state index is 0.285. The van der Waals surface area contributed by atoms with Gasteiger partial charge in [0.05, 0.1) is 18.2 Å². The normalized spacial score (nSPS) is 18.2. The average molecular weight is 565 g/mol. The number of anilines is 1. The summed E-state index contributed by atoms with van der Waals surface area (Å²) in [4.78, 5) is 17.3. The van der Waals surface area contributed by atoms with E-state index in [0.29, 0.717) is 53.6 Å². The van der Waals surface area contributed by atoms with Gasteiger partial charge in [0.25, 0.3) is 5.91 Å². The Morgan fingerprint density at radius 2 is 1.83 bits per heavy atom. The number of pyridine rings is 1. The minimum Gasteiger partial charge on any atom is -0.493 e. The molecule has 2 aromatic heterocycles. The summed E-state index contributed by atoms with van der Waals surface area (Å²) in [5.41, 5.74) is 0.665. The van der Waals surface area contributed by atoms with Crippen LogP contribution in [-0.2, 0) is 11.7 Å². The molecule has 1 amide bonds. The van der Waals surface area contributed by atoms with E-state index in [0.717, 1.165) is 30.8 Å². The molecule has 3 N–H and O–H groups in total. The zero-order valence-corrected chi connectivity index (χ0v) is 21.9. The number of amides is 1. The van der Waals surface area contributed by atoms with Crippen LogP contribution in [0.1, 0.15) is 52.7 Å². The van der Waals surface area contributed by atoms with Crippen molar-refractivity contribution in [2.45, 2.75) is 37.0 Å². The number of nitrogens with zero attached hydrogens (tertiary/aromatic N) is 3. The topological polar surface area (TPSA) is 114 Å². The van der Waals surface area contributed by atoms with Gasteiger partial charge in [-0.15, -0.1) is 10.2 Å². The molecule has 4 heterocycles. The Morgan fingerprint density at radius 3 is 2.61 bits per heavy atom. The van der Waals surface area contributed by atoms with Gasteiger partial charge in [-0.25, -0.2) is 0 Å². The van der Waals surface area contributed by atoms with Gasteiger partial charge in [-0.3, -0.25) is 9.78 Å². The molecule has 41 heavy (non-hydrogen) atoms. The third-order valence-corrected chi connectivity index (χ3v) is 7.41. The maximum atomic E-state index is 13.3. The van der Waals surface area contributed by atoms with E-state index in [1.54, 1.807) is 42.7 Å². The molecular weight excluding hydrogens is 537 g/mol. The maximum Gasteiger partial charge on any atom is 0.416 e. The summed E-state index contributed by atoms with van der Waals surface area (Å²) in [6.07, 6.45) is 0.503. The molecule has 0 bridgehead atoms. The van der Waals surface area contributed by atoms with E-state index < -0.39 is 29.2 Å². The predicted octanol–water partition coefficient (Wildman–Crippen LogP) is 5.09. The van der Waals surface area contributed by atoms with Crippen molar-refractivity contribution in [2.24, 2.45) is 0 Å². The van der Waals surface area contributed by atoms with Crippen molar-refractivity contribution in [1.82, 2.24) is 25.8 Å². The first-order chi connectivity index (χ1) is 19.8. The van der Waals surface area contributed by atoms with E-state index in [2.05, 4.69) is 31.1 Å². The van der Waals surface area contributed by atoms with Gasteiger partial charge in [-0.2, -0.15) is 13.2 Å². The maximum absolute atomic E-state index is 13.3. The Hall–Kier alpha value is -4.45. The highest BCUT2D eigenvalue weighted by Gasteiger charge is 2.39. The number of halogens is 3. The lowest BCUT2D eigenvalue weighted by Gasteiger charge is -2.36. The van der Waals surface area contributed by atoms with Gasteiger partial charge in [0.1, 0.15) is 11.3 Å². The highest BCUT2D eigenvalue weighted by Crippen LogP contribution is 2.38. The number of carbonyl (C=O) groups excluding carboxylic acids is 1. The van der Waals surface area contributed by atoms with Gasteiger partial charge in [-0.05, 0) is 74.5 Å². The predicted molar refractivity (Wildman–Crippen MR) is 143 cm³/mol. The molecule has 2 aliphatic rings. The highest BCUT2D eigenvalue weighted by atomic mass is 19.4. The number of hydrogen-bond donors (Lipinski definition) is 3. The number of piperidine rings is 1. The molecule has 1 atom stereocenters.